The zero-order valence-electron chi connectivity index (χ0n) is 15.1. The second-order valence-electron chi connectivity index (χ2n) is 6.16. The molecule has 0 aliphatic heterocycles. The van der Waals surface area contributed by atoms with Crippen molar-refractivity contribution < 1.29 is 9.18 Å². The zero-order chi connectivity index (χ0) is 19.1. The Labute approximate surface area is 157 Å². The Bertz CT molecular complexity index is 912. The first-order valence-electron chi connectivity index (χ1n) is 8.75. The first kappa shape index (κ1) is 18.5. The van der Waals surface area contributed by atoms with Crippen molar-refractivity contribution in [2.45, 2.75) is 19.9 Å². The van der Waals surface area contributed by atoms with Crippen molar-refractivity contribution in [2.75, 3.05) is 11.9 Å². The predicted molar refractivity (Wildman–Crippen MR) is 103 cm³/mol. The summed E-state index contributed by atoms with van der Waals surface area (Å²) in [6.07, 6.45) is 3.38. The maximum atomic E-state index is 13.6. The molecular weight excluding hydrogens is 343 g/mol. The van der Waals surface area contributed by atoms with Crippen LogP contribution in [0, 0.1) is 12.7 Å². The Morgan fingerprint density at radius 1 is 1.00 bits per heavy atom. The van der Waals surface area contributed by atoms with E-state index in [1.165, 1.54) is 29.6 Å². The number of hydrogen-bond acceptors (Lipinski definition) is 4. The lowest BCUT2D eigenvalue weighted by atomic mass is 10.1. The maximum absolute atomic E-state index is 13.6. The van der Waals surface area contributed by atoms with E-state index >= 15 is 0 Å². The van der Waals surface area contributed by atoms with Gasteiger partial charge in [-0.2, -0.15) is 0 Å². The molecule has 0 spiro atoms. The zero-order valence-corrected chi connectivity index (χ0v) is 15.1. The second kappa shape index (κ2) is 8.89. The molecule has 1 amide bonds. The Hall–Kier alpha value is -3.28. The number of aromatic nitrogens is 2. The Morgan fingerprint density at radius 3 is 2.44 bits per heavy atom. The molecule has 0 fully saturated rings. The van der Waals surface area contributed by atoms with Crippen LogP contribution in [0.2, 0.25) is 0 Å². The minimum Gasteiger partial charge on any atom is -0.365 e. The summed E-state index contributed by atoms with van der Waals surface area (Å²) in [5.41, 5.74) is 3.17. The van der Waals surface area contributed by atoms with Crippen LogP contribution in [0.4, 0.5) is 10.2 Å². The number of carbonyl (C=O) groups excluding carboxylic acids is 1. The van der Waals surface area contributed by atoms with E-state index in [4.69, 9.17) is 0 Å². The van der Waals surface area contributed by atoms with Crippen LogP contribution >= 0.6 is 0 Å². The first-order valence-corrected chi connectivity index (χ1v) is 8.75. The molecule has 0 saturated carbocycles. The molecule has 1 heterocycles. The summed E-state index contributed by atoms with van der Waals surface area (Å²) in [5, 5.41) is 5.92. The fourth-order valence-electron chi connectivity index (χ4n) is 2.63. The number of rotatable bonds is 7. The van der Waals surface area contributed by atoms with Crippen LogP contribution in [0.1, 0.15) is 27.2 Å². The highest BCUT2D eigenvalue weighted by Crippen LogP contribution is 2.10. The van der Waals surface area contributed by atoms with Crippen molar-refractivity contribution in [3.05, 3.63) is 89.1 Å². The third-order valence-electron chi connectivity index (χ3n) is 4.24. The van der Waals surface area contributed by atoms with Gasteiger partial charge in [0.05, 0.1) is 12.4 Å². The number of aryl methyl sites for hydroxylation is 1. The molecule has 3 aromatic rings. The lowest BCUT2D eigenvalue weighted by Gasteiger charge is -2.09. The topological polar surface area (TPSA) is 66.9 Å². The number of nitrogens with one attached hydrogen (secondary N) is 2. The number of benzene rings is 2. The van der Waals surface area contributed by atoms with Gasteiger partial charge in [0.15, 0.2) is 0 Å². The number of amides is 1. The van der Waals surface area contributed by atoms with Gasteiger partial charge in [0.25, 0.3) is 5.91 Å². The predicted octanol–water partition coefficient (Wildman–Crippen LogP) is 3.51. The van der Waals surface area contributed by atoms with E-state index in [-0.39, 0.29) is 17.4 Å². The molecule has 2 N–H and O–H groups in total. The molecule has 0 atom stereocenters. The molecule has 138 valence electrons. The molecule has 0 aliphatic rings. The molecule has 0 bridgehead atoms. The third-order valence-corrected chi connectivity index (χ3v) is 4.24. The van der Waals surface area contributed by atoms with Gasteiger partial charge in [0.1, 0.15) is 17.3 Å². The molecule has 0 unspecified atom stereocenters. The summed E-state index contributed by atoms with van der Waals surface area (Å²) in [6.45, 7) is 3.02. The molecule has 3 rings (SSSR count). The van der Waals surface area contributed by atoms with Gasteiger partial charge in [0, 0.05) is 13.1 Å². The number of hydrogen-bond donors (Lipinski definition) is 2. The van der Waals surface area contributed by atoms with E-state index in [0.717, 1.165) is 0 Å². The van der Waals surface area contributed by atoms with Gasteiger partial charge in [-0.3, -0.25) is 4.79 Å². The van der Waals surface area contributed by atoms with Crippen molar-refractivity contribution in [3.8, 4) is 0 Å². The van der Waals surface area contributed by atoms with E-state index in [1.807, 2.05) is 18.2 Å². The van der Waals surface area contributed by atoms with Crippen LogP contribution in [0.15, 0.2) is 60.9 Å². The maximum Gasteiger partial charge on any atom is 0.271 e. The third kappa shape index (κ3) is 5.10. The summed E-state index contributed by atoms with van der Waals surface area (Å²) >= 11 is 0. The van der Waals surface area contributed by atoms with Crippen molar-refractivity contribution in [1.29, 1.82) is 0 Å². The highest BCUT2D eigenvalue weighted by atomic mass is 19.1. The van der Waals surface area contributed by atoms with Crippen molar-refractivity contribution in [3.63, 3.8) is 0 Å². The van der Waals surface area contributed by atoms with Gasteiger partial charge in [-0.05, 0) is 36.1 Å². The summed E-state index contributed by atoms with van der Waals surface area (Å²) in [7, 11) is 0. The fraction of sp³-hybridized carbons (Fsp3) is 0.190. The van der Waals surface area contributed by atoms with E-state index in [2.05, 4.69) is 33.6 Å². The van der Waals surface area contributed by atoms with Crippen molar-refractivity contribution >= 4 is 11.7 Å². The van der Waals surface area contributed by atoms with Gasteiger partial charge in [-0.25, -0.2) is 14.4 Å². The van der Waals surface area contributed by atoms with E-state index in [9.17, 15) is 9.18 Å². The van der Waals surface area contributed by atoms with E-state index in [1.54, 1.807) is 18.2 Å². The SMILES string of the molecule is Cc1ccccc1CNc1cnc(C(=O)NCCc2ccccc2F)cn1. The van der Waals surface area contributed by atoms with E-state index < -0.39 is 0 Å². The second-order valence-corrected chi connectivity index (χ2v) is 6.16. The quantitative estimate of drug-likeness (QED) is 0.673. The number of carbonyl (C=O) groups is 1. The molecular formula is C21H21FN4O. The van der Waals surface area contributed by atoms with Crippen LogP contribution in [0.3, 0.4) is 0 Å². The van der Waals surface area contributed by atoms with Crippen molar-refractivity contribution in [1.82, 2.24) is 15.3 Å². The molecule has 0 saturated heterocycles. The van der Waals surface area contributed by atoms with Gasteiger partial charge >= 0.3 is 0 Å². The van der Waals surface area contributed by atoms with Crippen LogP contribution in [-0.2, 0) is 13.0 Å². The van der Waals surface area contributed by atoms with Crippen LogP contribution in [-0.4, -0.2) is 22.4 Å². The summed E-state index contributed by atoms with van der Waals surface area (Å²) in [5.74, 6) is 0.000994. The lowest BCUT2D eigenvalue weighted by molar-refractivity contribution is 0.0948. The summed E-state index contributed by atoms with van der Waals surface area (Å²) in [6, 6.07) is 14.6. The van der Waals surface area contributed by atoms with Gasteiger partial charge in [-0.1, -0.05) is 42.5 Å². The Morgan fingerprint density at radius 2 is 1.74 bits per heavy atom. The lowest BCUT2D eigenvalue weighted by Crippen LogP contribution is -2.27. The number of anilines is 1. The normalized spacial score (nSPS) is 10.4. The minimum atomic E-state index is -0.329. The smallest absolute Gasteiger partial charge is 0.271 e. The highest BCUT2D eigenvalue weighted by Gasteiger charge is 2.08. The minimum absolute atomic E-state index is 0.227. The molecule has 27 heavy (non-hydrogen) atoms. The van der Waals surface area contributed by atoms with Crippen LogP contribution in [0.25, 0.3) is 0 Å². The van der Waals surface area contributed by atoms with Crippen LogP contribution < -0.4 is 10.6 Å². The first-order chi connectivity index (χ1) is 13.1. The fourth-order valence-corrected chi connectivity index (χ4v) is 2.63. The molecule has 0 radical (unpaired) electrons. The van der Waals surface area contributed by atoms with Gasteiger partial charge in [0.2, 0.25) is 0 Å². The average molecular weight is 364 g/mol. The number of nitrogens with zero attached hydrogens (tertiary/aromatic N) is 2. The summed E-state index contributed by atoms with van der Waals surface area (Å²) in [4.78, 5) is 20.5. The van der Waals surface area contributed by atoms with Crippen LogP contribution in [0.5, 0.6) is 0 Å². The molecule has 6 heteroatoms. The average Bonchev–Trinajstić information content (AvgIpc) is 2.69. The number of halogens is 1. The van der Waals surface area contributed by atoms with Gasteiger partial charge < -0.3 is 10.6 Å². The largest absolute Gasteiger partial charge is 0.365 e. The van der Waals surface area contributed by atoms with Crippen molar-refractivity contribution in [2.24, 2.45) is 0 Å². The Kier molecular flexibility index (Phi) is 6.10. The van der Waals surface area contributed by atoms with E-state index in [0.29, 0.717) is 30.9 Å². The highest BCUT2D eigenvalue weighted by molar-refractivity contribution is 5.91. The molecule has 0 aliphatic carbocycles. The van der Waals surface area contributed by atoms with Gasteiger partial charge in [-0.15, -0.1) is 0 Å². The Balaban J connectivity index is 1.50. The summed E-state index contributed by atoms with van der Waals surface area (Å²) < 4.78 is 13.6. The molecule has 1 aromatic heterocycles. The monoisotopic (exact) mass is 364 g/mol. The molecule has 5 nitrogen and oxygen atoms in total. The molecule has 2 aromatic carbocycles. The standard InChI is InChI=1S/C21H21FN4O/c1-15-6-2-3-8-17(15)12-25-20-14-24-19(13-26-20)21(27)23-11-10-16-7-4-5-9-18(16)22/h2-9,13-14H,10-12H2,1H3,(H,23,27)(H,25,26).